The van der Waals surface area contributed by atoms with Crippen LogP contribution in [0.1, 0.15) is 36.4 Å². The number of amides is 1. The van der Waals surface area contributed by atoms with Gasteiger partial charge in [-0.25, -0.2) is 0 Å². The van der Waals surface area contributed by atoms with E-state index in [9.17, 15) is 4.79 Å². The number of nitrogens with two attached hydrogens (primary N) is 1. The molecular formula is C21H27ClN2O2. The number of hydrogen-bond acceptors (Lipinski definition) is 3. The molecule has 2 aromatic rings. The van der Waals surface area contributed by atoms with Crippen molar-refractivity contribution >= 4 is 18.3 Å². The third kappa shape index (κ3) is 5.84. The molecule has 2 unspecified atom stereocenters. The standard InChI is InChI=1S/C21H26N2O2.ClH/c22-20(18-10-5-2-6-11-18)14-21(24)23(16-19-12-7-13-25-19)15-17-8-3-1-4-9-17;/h1-6,8-11,19-20H,7,12-16,22H2;1H. The Labute approximate surface area is 161 Å². The van der Waals surface area contributed by atoms with Crippen molar-refractivity contribution in [1.82, 2.24) is 4.90 Å². The van der Waals surface area contributed by atoms with E-state index in [-0.39, 0.29) is 30.5 Å². The minimum Gasteiger partial charge on any atom is -0.376 e. The number of nitrogens with zero attached hydrogens (tertiary/aromatic N) is 1. The van der Waals surface area contributed by atoms with Gasteiger partial charge in [0.25, 0.3) is 0 Å². The van der Waals surface area contributed by atoms with Gasteiger partial charge in [0.1, 0.15) is 0 Å². The number of halogens is 1. The first-order chi connectivity index (χ1) is 12.2. The molecule has 26 heavy (non-hydrogen) atoms. The Balaban J connectivity index is 0.00000243. The number of rotatable bonds is 7. The molecule has 140 valence electrons. The first-order valence-corrected chi connectivity index (χ1v) is 8.96. The number of carbonyl (C=O) groups excluding carboxylic acids is 1. The predicted octanol–water partition coefficient (Wildman–Crippen LogP) is 3.71. The van der Waals surface area contributed by atoms with E-state index in [1.54, 1.807) is 0 Å². The monoisotopic (exact) mass is 374 g/mol. The molecule has 0 saturated carbocycles. The highest BCUT2D eigenvalue weighted by molar-refractivity contribution is 5.85. The topological polar surface area (TPSA) is 55.6 Å². The van der Waals surface area contributed by atoms with E-state index in [0.717, 1.165) is 30.6 Å². The molecule has 1 amide bonds. The van der Waals surface area contributed by atoms with Crippen molar-refractivity contribution in [3.05, 3.63) is 71.8 Å². The van der Waals surface area contributed by atoms with E-state index >= 15 is 0 Å². The molecule has 0 bridgehead atoms. The maximum Gasteiger partial charge on any atom is 0.224 e. The molecule has 1 heterocycles. The largest absolute Gasteiger partial charge is 0.376 e. The van der Waals surface area contributed by atoms with Crippen molar-refractivity contribution in [1.29, 1.82) is 0 Å². The quantitative estimate of drug-likeness (QED) is 0.803. The summed E-state index contributed by atoms with van der Waals surface area (Å²) in [5, 5.41) is 0. The van der Waals surface area contributed by atoms with Gasteiger partial charge in [-0.05, 0) is 24.0 Å². The number of carbonyl (C=O) groups is 1. The Hall–Kier alpha value is -1.88. The average molecular weight is 375 g/mol. The Morgan fingerprint density at radius 3 is 2.38 bits per heavy atom. The second kappa shape index (κ2) is 10.3. The molecule has 1 aliphatic heterocycles. The normalized spacial score (nSPS) is 17.3. The summed E-state index contributed by atoms with van der Waals surface area (Å²) in [6, 6.07) is 19.6. The zero-order chi connectivity index (χ0) is 17.5. The fraction of sp³-hybridized carbons (Fsp3) is 0.381. The van der Waals surface area contributed by atoms with Gasteiger partial charge < -0.3 is 15.4 Å². The minimum absolute atomic E-state index is 0. The molecule has 4 nitrogen and oxygen atoms in total. The summed E-state index contributed by atoms with van der Waals surface area (Å²) in [4.78, 5) is 14.8. The van der Waals surface area contributed by atoms with Gasteiger partial charge in [-0.15, -0.1) is 12.4 Å². The van der Waals surface area contributed by atoms with Gasteiger partial charge in [0.05, 0.1) is 6.10 Å². The fourth-order valence-electron chi connectivity index (χ4n) is 3.23. The molecule has 1 aliphatic rings. The van der Waals surface area contributed by atoms with Gasteiger partial charge in [-0.1, -0.05) is 60.7 Å². The second-order valence-corrected chi connectivity index (χ2v) is 6.62. The average Bonchev–Trinajstić information content (AvgIpc) is 3.16. The lowest BCUT2D eigenvalue weighted by molar-refractivity contribution is -0.133. The summed E-state index contributed by atoms with van der Waals surface area (Å²) in [5.74, 6) is 0.0794. The van der Waals surface area contributed by atoms with Crippen molar-refractivity contribution in [2.45, 2.75) is 38.0 Å². The molecule has 0 aromatic heterocycles. The van der Waals surface area contributed by atoms with Crippen molar-refractivity contribution in [2.24, 2.45) is 5.73 Å². The van der Waals surface area contributed by atoms with Crippen molar-refractivity contribution in [3.8, 4) is 0 Å². The zero-order valence-corrected chi connectivity index (χ0v) is 15.7. The van der Waals surface area contributed by atoms with E-state index in [2.05, 4.69) is 0 Å². The van der Waals surface area contributed by atoms with Crippen LogP contribution in [0.4, 0.5) is 0 Å². The fourth-order valence-corrected chi connectivity index (χ4v) is 3.23. The van der Waals surface area contributed by atoms with Crippen LogP contribution in [-0.2, 0) is 16.1 Å². The van der Waals surface area contributed by atoms with E-state index in [1.165, 1.54) is 0 Å². The van der Waals surface area contributed by atoms with Gasteiger partial charge in [-0.3, -0.25) is 4.79 Å². The SMILES string of the molecule is Cl.NC(CC(=O)N(Cc1ccccc1)CC1CCCO1)c1ccccc1. The summed E-state index contributed by atoms with van der Waals surface area (Å²) in [7, 11) is 0. The highest BCUT2D eigenvalue weighted by Gasteiger charge is 2.24. The minimum atomic E-state index is -0.281. The maximum atomic E-state index is 12.9. The van der Waals surface area contributed by atoms with Crippen LogP contribution in [-0.4, -0.2) is 30.1 Å². The first-order valence-electron chi connectivity index (χ1n) is 8.96. The van der Waals surface area contributed by atoms with Crippen LogP contribution in [0.15, 0.2) is 60.7 Å². The van der Waals surface area contributed by atoms with Gasteiger partial charge in [0, 0.05) is 32.2 Å². The van der Waals surface area contributed by atoms with Crippen molar-refractivity contribution in [3.63, 3.8) is 0 Å². The highest BCUT2D eigenvalue weighted by Crippen LogP contribution is 2.19. The first kappa shape index (κ1) is 20.4. The van der Waals surface area contributed by atoms with Gasteiger partial charge in [0.15, 0.2) is 0 Å². The maximum absolute atomic E-state index is 12.9. The molecule has 2 aromatic carbocycles. The van der Waals surface area contributed by atoms with Gasteiger partial charge in [-0.2, -0.15) is 0 Å². The summed E-state index contributed by atoms with van der Waals surface area (Å²) < 4.78 is 5.74. The lowest BCUT2D eigenvalue weighted by Crippen LogP contribution is -2.38. The van der Waals surface area contributed by atoms with Crippen molar-refractivity contribution in [2.75, 3.05) is 13.2 Å². The van der Waals surface area contributed by atoms with Gasteiger partial charge >= 0.3 is 0 Å². The lowest BCUT2D eigenvalue weighted by atomic mass is 10.0. The Morgan fingerprint density at radius 2 is 1.77 bits per heavy atom. The molecular weight excluding hydrogens is 348 g/mol. The van der Waals surface area contributed by atoms with E-state index in [4.69, 9.17) is 10.5 Å². The summed E-state index contributed by atoms with van der Waals surface area (Å²) >= 11 is 0. The van der Waals surface area contributed by atoms with E-state index in [0.29, 0.717) is 19.5 Å². The summed E-state index contributed by atoms with van der Waals surface area (Å²) in [5.41, 5.74) is 8.38. The lowest BCUT2D eigenvalue weighted by Gasteiger charge is -2.27. The van der Waals surface area contributed by atoms with Gasteiger partial charge in [0.2, 0.25) is 5.91 Å². The Morgan fingerprint density at radius 1 is 1.12 bits per heavy atom. The molecule has 3 rings (SSSR count). The molecule has 1 fully saturated rings. The van der Waals surface area contributed by atoms with Crippen LogP contribution in [0.25, 0.3) is 0 Å². The highest BCUT2D eigenvalue weighted by atomic mass is 35.5. The smallest absolute Gasteiger partial charge is 0.224 e. The molecule has 2 atom stereocenters. The van der Waals surface area contributed by atoms with Crippen LogP contribution in [0.2, 0.25) is 0 Å². The number of ether oxygens (including phenoxy) is 1. The molecule has 0 spiro atoms. The predicted molar refractivity (Wildman–Crippen MR) is 106 cm³/mol. The van der Waals surface area contributed by atoms with Crippen molar-refractivity contribution < 1.29 is 9.53 Å². The third-order valence-electron chi connectivity index (χ3n) is 4.64. The van der Waals surface area contributed by atoms with Crippen LogP contribution < -0.4 is 5.73 Å². The molecule has 0 radical (unpaired) electrons. The molecule has 5 heteroatoms. The van der Waals surface area contributed by atoms with Crippen LogP contribution in [0.3, 0.4) is 0 Å². The molecule has 1 saturated heterocycles. The molecule has 0 aliphatic carbocycles. The summed E-state index contributed by atoms with van der Waals surface area (Å²) in [6.07, 6.45) is 2.54. The summed E-state index contributed by atoms with van der Waals surface area (Å²) in [6.45, 7) is 2.03. The zero-order valence-electron chi connectivity index (χ0n) is 14.9. The molecule has 2 N–H and O–H groups in total. The Kier molecular flexibility index (Phi) is 8.10. The van der Waals surface area contributed by atoms with Crippen LogP contribution in [0, 0.1) is 0 Å². The van der Waals surface area contributed by atoms with E-state index in [1.807, 2.05) is 65.6 Å². The van der Waals surface area contributed by atoms with Crippen LogP contribution >= 0.6 is 12.4 Å². The second-order valence-electron chi connectivity index (χ2n) is 6.62. The Bertz CT molecular complexity index is 660. The number of hydrogen-bond donors (Lipinski definition) is 1. The van der Waals surface area contributed by atoms with Crippen LogP contribution in [0.5, 0.6) is 0 Å². The van der Waals surface area contributed by atoms with E-state index < -0.39 is 0 Å². The number of benzene rings is 2. The third-order valence-corrected chi connectivity index (χ3v) is 4.64.